The number of hydrogen-bond acceptors (Lipinski definition) is 5. The van der Waals surface area contributed by atoms with Crippen molar-refractivity contribution in [1.82, 2.24) is 9.97 Å². The summed E-state index contributed by atoms with van der Waals surface area (Å²) in [5.41, 5.74) is 0.190. The van der Waals surface area contributed by atoms with Gasteiger partial charge in [-0.05, 0) is 40.5 Å². The van der Waals surface area contributed by atoms with Crippen LogP contribution in [0.25, 0.3) is 0 Å². The second-order valence-corrected chi connectivity index (χ2v) is 6.89. The Bertz CT molecular complexity index is 469. The molecule has 2 heterocycles. The van der Waals surface area contributed by atoms with Crippen LogP contribution in [0.5, 0.6) is 0 Å². The molecule has 6 heteroatoms. The highest BCUT2D eigenvalue weighted by atomic mass is 16.7. The smallest absolute Gasteiger partial charge is 0.399 e. The molecule has 0 amide bonds. The van der Waals surface area contributed by atoms with E-state index in [1.54, 1.807) is 0 Å². The summed E-state index contributed by atoms with van der Waals surface area (Å²) in [6.07, 6.45) is 5.82. The first-order valence-electron chi connectivity index (χ1n) is 8.23. The number of anilines is 1. The molecule has 0 atom stereocenters. The lowest BCUT2D eigenvalue weighted by molar-refractivity contribution is 0.00578. The van der Waals surface area contributed by atoms with E-state index in [-0.39, 0.29) is 11.2 Å². The van der Waals surface area contributed by atoms with Crippen molar-refractivity contribution in [3.63, 3.8) is 0 Å². The van der Waals surface area contributed by atoms with Crippen LogP contribution in [0, 0.1) is 0 Å². The van der Waals surface area contributed by atoms with Gasteiger partial charge in [0.15, 0.2) is 0 Å². The van der Waals surface area contributed by atoms with Crippen molar-refractivity contribution < 1.29 is 9.31 Å². The molecule has 0 radical (unpaired) electrons. The summed E-state index contributed by atoms with van der Waals surface area (Å²) in [5.74, 6) is 0.781. The molecule has 2 rings (SSSR count). The van der Waals surface area contributed by atoms with Gasteiger partial charge in [-0.15, -0.1) is 0 Å². The van der Waals surface area contributed by atoms with Crippen LogP contribution < -0.4 is 10.4 Å². The van der Waals surface area contributed by atoms with Gasteiger partial charge in [-0.25, -0.2) is 9.97 Å². The molecule has 1 aliphatic heterocycles. The lowest BCUT2D eigenvalue weighted by atomic mass is 9.81. The molecule has 0 saturated carbocycles. The number of nitrogens with zero attached hydrogens (tertiary/aromatic N) is 3. The van der Waals surface area contributed by atoms with Crippen molar-refractivity contribution in [2.24, 2.45) is 0 Å². The van der Waals surface area contributed by atoms with Crippen LogP contribution in [0.4, 0.5) is 5.95 Å². The van der Waals surface area contributed by atoms with Gasteiger partial charge in [0.2, 0.25) is 5.95 Å². The molecule has 1 aromatic heterocycles. The zero-order chi connectivity index (χ0) is 16.4. The highest BCUT2D eigenvalue weighted by molar-refractivity contribution is 6.61. The summed E-state index contributed by atoms with van der Waals surface area (Å²) < 4.78 is 12.1. The van der Waals surface area contributed by atoms with Crippen LogP contribution in [-0.4, -0.2) is 41.4 Å². The van der Waals surface area contributed by atoms with Crippen molar-refractivity contribution in [2.75, 3.05) is 18.0 Å². The topological polar surface area (TPSA) is 47.5 Å². The van der Waals surface area contributed by atoms with Gasteiger partial charge in [0.1, 0.15) is 0 Å². The Labute approximate surface area is 134 Å². The Hall–Kier alpha value is -1.14. The van der Waals surface area contributed by atoms with Crippen molar-refractivity contribution in [1.29, 1.82) is 0 Å². The molecule has 122 valence electrons. The van der Waals surface area contributed by atoms with Crippen molar-refractivity contribution in [3.8, 4) is 0 Å². The van der Waals surface area contributed by atoms with Crippen LogP contribution in [0.2, 0.25) is 0 Å². The molecule has 0 unspecified atom stereocenters. The molecule has 1 aliphatic rings. The first-order chi connectivity index (χ1) is 10.3. The van der Waals surface area contributed by atoms with E-state index in [1.807, 2.05) is 40.1 Å². The fraction of sp³-hybridized carbons (Fsp3) is 0.750. The summed E-state index contributed by atoms with van der Waals surface area (Å²) in [4.78, 5) is 11.2. The molecule has 1 saturated heterocycles. The molecule has 1 aromatic rings. The van der Waals surface area contributed by atoms with Crippen molar-refractivity contribution >= 4 is 18.5 Å². The van der Waals surface area contributed by atoms with Gasteiger partial charge in [0.25, 0.3) is 0 Å². The largest absolute Gasteiger partial charge is 0.498 e. The minimum Gasteiger partial charge on any atom is -0.399 e. The van der Waals surface area contributed by atoms with Gasteiger partial charge in [-0.1, -0.05) is 13.8 Å². The first-order valence-corrected chi connectivity index (χ1v) is 8.23. The van der Waals surface area contributed by atoms with Gasteiger partial charge in [-0.2, -0.15) is 0 Å². The second-order valence-electron chi connectivity index (χ2n) is 6.89. The maximum Gasteiger partial charge on any atom is 0.498 e. The molecule has 0 spiro atoms. The third kappa shape index (κ3) is 3.44. The standard InChI is InChI=1S/C16H28BN3O2/c1-7-9-20(10-8-2)14-18-11-13(12-19-14)17-21-15(3,4)16(5,6)22-17/h11-12H,7-10H2,1-6H3. The minimum atomic E-state index is -0.398. The quantitative estimate of drug-likeness (QED) is 0.755. The fourth-order valence-corrected chi connectivity index (χ4v) is 2.45. The van der Waals surface area contributed by atoms with Gasteiger partial charge in [-0.3, -0.25) is 0 Å². The zero-order valence-corrected chi connectivity index (χ0v) is 14.7. The molecular formula is C16H28BN3O2. The molecule has 0 bridgehead atoms. The number of hydrogen-bond donors (Lipinski definition) is 0. The van der Waals surface area contributed by atoms with Crippen LogP contribution >= 0.6 is 0 Å². The average Bonchev–Trinajstić information content (AvgIpc) is 2.67. The van der Waals surface area contributed by atoms with Gasteiger partial charge in [0.05, 0.1) is 11.2 Å². The maximum absolute atomic E-state index is 6.03. The van der Waals surface area contributed by atoms with Crippen LogP contribution in [0.3, 0.4) is 0 Å². The molecule has 5 nitrogen and oxygen atoms in total. The Morgan fingerprint density at radius 2 is 1.41 bits per heavy atom. The summed E-state index contributed by atoms with van der Waals surface area (Å²) in [7, 11) is -0.398. The zero-order valence-electron chi connectivity index (χ0n) is 14.7. The fourth-order valence-electron chi connectivity index (χ4n) is 2.45. The van der Waals surface area contributed by atoms with E-state index in [2.05, 4.69) is 28.7 Å². The second kappa shape index (κ2) is 6.55. The first kappa shape index (κ1) is 17.2. The maximum atomic E-state index is 6.03. The summed E-state index contributed by atoms with van der Waals surface area (Å²) in [6, 6.07) is 0. The molecule has 0 aromatic carbocycles. The Morgan fingerprint density at radius 1 is 0.955 bits per heavy atom. The third-order valence-corrected chi connectivity index (χ3v) is 4.45. The lowest BCUT2D eigenvalue weighted by Crippen LogP contribution is -2.41. The van der Waals surface area contributed by atoms with Crippen LogP contribution in [0.1, 0.15) is 54.4 Å². The van der Waals surface area contributed by atoms with Gasteiger partial charge in [0, 0.05) is 30.9 Å². The van der Waals surface area contributed by atoms with E-state index in [0.29, 0.717) is 0 Å². The monoisotopic (exact) mass is 305 g/mol. The predicted octanol–water partition coefficient (Wildman–Crippen LogP) is 2.40. The molecule has 0 aliphatic carbocycles. The third-order valence-electron chi connectivity index (χ3n) is 4.45. The Morgan fingerprint density at radius 3 is 1.82 bits per heavy atom. The van der Waals surface area contributed by atoms with Crippen molar-refractivity contribution in [3.05, 3.63) is 12.4 Å². The van der Waals surface area contributed by atoms with Gasteiger partial charge < -0.3 is 14.2 Å². The molecule has 1 fully saturated rings. The lowest BCUT2D eigenvalue weighted by Gasteiger charge is -2.32. The van der Waals surface area contributed by atoms with Crippen LogP contribution in [0.15, 0.2) is 12.4 Å². The SMILES string of the molecule is CCCN(CCC)c1ncc(B2OC(C)(C)C(C)(C)O2)cn1. The van der Waals surface area contributed by atoms with Gasteiger partial charge >= 0.3 is 7.12 Å². The number of rotatable bonds is 6. The predicted molar refractivity (Wildman–Crippen MR) is 90.5 cm³/mol. The summed E-state index contributed by atoms with van der Waals surface area (Å²) in [5, 5.41) is 0. The summed E-state index contributed by atoms with van der Waals surface area (Å²) >= 11 is 0. The van der Waals surface area contributed by atoms with E-state index >= 15 is 0 Å². The van der Waals surface area contributed by atoms with E-state index in [0.717, 1.165) is 37.3 Å². The highest BCUT2D eigenvalue weighted by Gasteiger charge is 2.51. The highest BCUT2D eigenvalue weighted by Crippen LogP contribution is 2.36. The van der Waals surface area contributed by atoms with E-state index in [1.165, 1.54) is 0 Å². The Kier molecular flexibility index (Phi) is 5.12. The normalized spacial score (nSPS) is 19.5. The molecule has 0 N–H and O–H groups in total. The number of aromatic nitrogens is 2. The van der Waals surface area contributed by atoms with E-state index < -0.39 is 7.12 Å². The summed E-state index contributed by atoms with van der Waals surface area (Å²) in [6.45, 7) is 14.5. The van der Waals surface area contributed by atoms with E-state index in [4.69, 9.17) is 9.31 Å². The Balaban J connectivity index is 2.12. The molecule has 22 heavy (non-hydrogen) atoms. The van der Waals surface area contributed by atoms with Crippen molar-refractivity contribution in [2.45, 2.75) is 65.6 Å². The minimum absolute atomic E-state index is 0.340. The van der Waals surface area contributed by atoms with E-state index in [9.17, 15) is 0 Å². The van der Waals surface area contributed by atoms with Crippen LogP contribution in [-0.2, 0) is 9.31 Å². The molecular weight excluding hydrogens is 277 g/mol. The average molecular weight is 305 g/mol.